The molecule has 0 spiro atoms. The maximum Gasteiger partial charge on any atom is 0.340 e. The summed E-state index contributed by atoms with van der Waals surface area (Å²) in [6.45, 7) is 2.27. The highest BCUT2D eigenvalue weighted by Crippen LogP contribution is 2.23. The van der Waals surface area contributed by atoms with E-state index in [0.29, 0.717) is 13.1 Å². The summed E-state index contributed by atoms with van der Waals surface area (Å²) in [5.74, 6) is -4.89. The molecule has 1 heterocycles. The molecule has 23 heavy (non-hydrogen) atoms. The molecule has 1 aromatic heterocycles. The van der Waals surface area contributed by atoms with Crippen molar-refractivity contribution in [2.75, 3.05) is 26.2 Å². The minimum atomic E-state index is -4.25. The smallest absolute Gasteiger partial charge is 0.340 e. The summed E-state index contributed by atoms with van der Waals surface area (Å²) in [7, 11) is 0. The molecular weight excluding hydrogens is 342 g/mol. The average Bonchev–Trinajstić information content (AvgIpc) is 2.50. The van der Waals surface area contributed by atoms with Crippen LogP contribution in [-0.2, 0) is 0 Å². The molecule has 0 aliphatic heterocycles. The first-order valence-corrected chi connectivity index (χ1v) is 6.60. The van der Waals surface area contributed by atoms with Gasteiger partial charge in [0.1, 0.15) is 0 Å². The van der Waals surface area contributed by atoms with E-state index in [1.165, 1.54) is 12.1 Å². The van der Waals surface area contributed by atoms with Crippen molar-refractivity contribution >= 4 is 18.3 Å². The zero-order valence-corrected chi connectivity index (χ0v) is 13.1. The van der Waals surface area contributed by atoms with Gasteiger partial charge in [-0.1, -0.05) is 6.92 Å². The standard InChI is InChI=1S/C13H17F4N3O2.ClH/c1-2-18-5-6-19-11(21)9-3-4-10(20-7-9)22-8-13(16,17)12(14)15;/h3-4,7,12,18H,2,5-6,8H2,1H3,(H,19,21);1H. The van der Waals surface area contributed by atoms with Crippen LogP contribution >= 0.6 is 12.4 Å². The number of ether oxygens (including phenoxy) is 1. The molecule has 0 atom stereocenters. The van der Waals surface area contributed by atoms with Crippen molar-refractivity contribution < 1.29 is 27.1 Å². The highest BCUT2D eigenvalue weighted by molar-refractivity contribution is 5.93. The van der Waals surface area contributed by atoms with Crippen LogP contribution in [0.15, 0.2) is 18.3 Å². The molecule has 0 aliphatic rings. The van der Waals surface area contributed by atoms with Crippen LogP contribution in [0, 0.1) is 0 Å². The molecule has 1 amide bonds. The summed E-state index contributed by atoms with van der Waals surface area (Å²) in [6.07, 6.45) is -2.69. The first-order valence-electron chi connectivity index (χ1n) is 6.60. The van der Waals surface area contributed by atoms with Crippen LogP contribution in [0.2, 0.25) is 0 Å². The number of rotatable bonds is 9. The Kier molecular flexibility index (Phi) is 9.50. The number of hydrogen-bond acceptors (Lipinski definition) is 4. The van der Waals surface area contributed by atoms with E-state index in [9.17, 15) is 22.4 Å². The Morgan fingerprint density at radius 3 is 2.57 bits per heavy atom. The third kappa shape index (κ3) is 7.47. The van der Waals surface area contributed by atoms with E-state index in [4.69, 9.17) is 0 Å². The summed E-state index contributed by atoms with van der Waals surface area (Å²) in [5, 5.41) is 5.64. The Morgan fingerprint density at radius 1 is 1.35 bits per heavy atom. The Bertz CT molecular complexity index is 475. The Hall–Kier alpha value is -1.61. The average molecular weight is 360 g/mol. The number of pyridine rings is 1. The lowest BCUT2D eigenvalue weighted by Gasteiger charge is -2.15. The molecule has 2 N–H and O–H groups in total. The number of nitrogens with one attached hydrogen (secondary N) is 2. The first kappa shape index (κ1) is 21.4. The minimum Gasteiger partial charge on any atom is -0.471 e. The van der Waals surface area contributed by atoms with Crippen molar-refractivity contribution in [3.05, 3.63) is 23.9 Å². The lowest BCUT2D eigenvalue weighted by Crippen LogP contribution is -2.34. The molecule has 0 fully saturated rings. The van der Waals surface area contributed by atoms with Gasteiger partial charge in [-0.15, -0.1) is 12.4 Å². The van der Waals surface area contributed by atoms with E-state index in [0.717, 1.165) is 12.7 Å². The summed E-state index contributed by atoms with van der Waals surface area (Å²) >= 11 is 0. The van der Waals surface area contributed by atoms with E-state index >= 15 is 0 Å². The molecule has 0 aliphatic carbocycles. The molecule has 0 saturated heterocycles. The van der Waals surface area contributed by atoms with Gasteiger partial charge in [-0.2, -0.15) is 8.78 Å². The molecule has 0 radical (unpaired) electrons. The SMILES string of the molecule is CCNCCNC(=O)c1ccc(OCC(F)(F)C(F)F)nc1.Cl. The number of likely N-dealkylation sites (N-methyl/N-ethyl adjacent to an activating group) is 1. The first-order chi connectivity index (χ1) is 10.4. The van der Waals surface area contributed by atoms with E-state index in [-0.39, 0.29) is 29.8 Å². The van der Waals surface area contributed by atoms with E-state index in [1.807, 2.05) is 6.92 Å². The zero-order chi connectivity index (χ0) is 16.6. The monoisotopic (exact) mass is 359 g/mol. The number of amides is 1. The van der Waals surface area contributed by atoms with Crippen molar-refractivity contribution in [1.82, 2.24) is 15.6 Å². The van der Waals surface area contributed by atoms with Crippen LogP contribution in [0.4, 0.5) is 17.6 Å². The molecular formula is C13H18ClF4N3O2. The second kappa shape index (κ2) is 10.2. The van der Waals surface area contributed by atoms with Crippen LogP contribution in [0.1, 0.15) is 17.3 Å². The van der Waals surface area contributed by atoms with Crippen molar-refractivity contribution in [3.63, 3.8) is 0 Å². The highest BCUT2D eigenvalue weighted by atomic mass is 35.5. The number of carbonyl (C=O) groups is 1. The second-order valence-corrected chi connectivity index (χ2v) is 4.34. The van der Waals surface area contributed by atoms with Crippen molar-refractivity contribution in [3.8, 4) is 5.88 Å². The number of hydrogen-bond donors (Lipinski definition) is 2. The van der Waals surface area contributed by atoms with Crippen LogP contribution in [0.5, 0.6) is 5.88 Å². The molecule has 1 rings (SSSR count). The Labute approximate surface area is 137 Å². The number of alkyl halides is 4. The molecule has 10 heteroatoms. The number of halogens is 5. The third-order valence-corrected chi connectivity index (χ3v) is 2.57. The molecule has 0 bridgehead atoms. The second-order valence-electron chi connectivity index (χ2n) is 4.34. The quantitative estimate of drug-likeness (QED) is 0.524. The van der Waals surface area contributed by atoms with Crippen LogP contribution in [-0.4, -0.2) is 49.5 Å². The predicted octanol–water partition coefficient (Wildman–Crippen LogP) is 2.12. The third-order valence-electron chi connectivity index (χ3n) is 2.57. The lowest BCUT2D eigenvalue weighted by atomic mass is 10.2. The minimum absolute atomic E-state index is 0. The van der Waals surface area contributed by atoms with Gasteiger partial charge in [-0.25, -0.2) is 13.8 Å². The maximum absolute atomic E-state index is 12.7. The fraction of sp³-hybridized carbons (Fsp3) is 0.538. The van der Waals surface area contributed by atoms with Gasteiger partial charge in [-0.05, 0) is 12.6 Å². The van der Waals surface area contributed by atoms with Gasteiger partial charge in [0.2, 0.25) is 5.88 Å². The molecule has 0 unspecified atom stereocenters. The van der Waals surface area contributed by atoms with E-state index in [2.05, 4.69) is 20.4 Å². The van der Waals surface area contributed by atoms with Crippen LogP contribution in [0.3, 0.4) is 0 Å². The van der Waals surface area contributed by atoms with Gasteiger partial charge in [-0.3, -0.25) is 4.79 Å². The van der Waals surface area contributed by atoms with Gasteiger partial charge in [0.15, 0.2) is 6.61 Å². The van der Waals surface area contributed by atoms with Crippen molar-refractivity contribution in [2.24, 2.45) is 0 Å². The largest absolute Gasteiger partial charge is 0.471 e. The molecule has 0 saturated carbocycles. The fourth-order valence-electron chi connectivity index (χ4n) is 1.38. The Balaban J connectivity index is 0.00000484. The number of nitrogens with zero attached hydrogens (tertiary/aromatic N) is 1. The molecule has 1 aromatic rings. The normalized spacial score (nSPS) is 11.0. The van der Waals surface area contributed by atoms with Gasteiger partial charge in [0.05, 0.1) is 5.56 Å². The topological polar surface area (TPSA) is 63.2 Å². The molecule has 0 aromatic carbocycles. The highest BCUT2D eigenvalue weighted by Gasteiger charge is 2.41. The van der Waals surface area contributed by atoms with Crippen LogP contribution in [0.25, 0.3) is 0 Å². The van der Waals surface area contributed by atoms with Crippen LogP contribution < -0.4 is 15.4 Å². The summed E-state index contributed by atoms with van der Waals surface area (Å²) < 4.78 is 53.7. The van der Waals surface area contributed by atoms with Gasteiger partial charge in [0, 0.05) is 25.4 Å². The van der Waals surface area contributed by atoms with E-state index < -0.39 is 19.0 Å². The number of carbonyl (C=O) groups excluding carboxylic acids is 1. The van der Waals surface area contributed by atoms with Gasteiger partial charge in [0.25, 0.3) is 5.91 Å². The molecule has 132 valence electrons. The van der Waals surface area contributed by atoms with E-state index in [1.54, 1.807) is 0 Å². The molecule has 5 nitrogen and oxygen atoms in total. The fourth-order valence-corrected chi connectivity index (χ4v) is 1.38. The van der Waals surface area contributed by atoms with Crippen molar-refractivity contribution in [2.45, 2.75) is 19.3 Å². The zero-order valence-electron chi connectivity index (χ0n) is 12.3. The Morgan fingerprint density at radius 2 is 2.04 bits per heavy atom. The van der Waals surface area contributed by atoms with Crippen molar-refractivity contribution in [1.29, 1.82) is 0 Å². The number of aromatic nitrogens is 1. The maximum atomic E-state index is 12.7. The lowest BCUT2D eigenvalue weighted by molar-refractivity contribution is -0.148. The van der Waals surface area contributed by atoms with Gasteiger partial charge < -0.3 is 15.4 Å². The summed E-state index contributed by atoms with van der Waals surface area (Å²) in [6, 6.07) is 2.48. The predicted molar refractivity (Wildman–Crippen MR) is 78.8 cm³/mol. The summed E-state index contributed by atoms with van der Waals surface area (Å²) in [4.78, 5) is 15.3. The summed E-state index contributed by atoms with van der Waals surface area (Å²) in [5.41, 5.74) is 0.212. The van der Waals surface area contributed by atoms with Gasteiger partial charge >= 0.3 is 12.3 Å².